The quantitative estimate of drug-likeness (QED) is 0.240. The Morgan fingerprint density at radius 2 is 1.43 bits per heavy atom. The van der Waals surface area contributed by atoms with Crippen molar-refractivity contribution in [2.75, 3.05) is 0 Å². The van der Waals surface area contributed by atoms with E-state index in [1.807, 2.05) is 18.2 Å². The molecule has 0 amide bonds. The second kappa shape index (κ2) is 7.11. The molecular weight excluding hydrogens is 424 g/mol. The van der Waals surface area contributed by atoms with Crippen LogP contribution < -0.4 is 0 Å². The highest BCUT2D eigenvalue weighted by Crippen LogP contribution is 2.42. The second-order valence-corrected chi connectivity index (χ2v) is 10.5. The molecule has 0 fully saturated rings. The van der Waals surface area contributed by atoms with Crippen LogP contribution in [0.15, 0.2) is 95.4 Å². The summed E-state index contributed by atoms with van der Waals surface area (Å²) in [5.74, 6) is 0.867. The first-order valence-corrected chi connectivity index (χ1v) is 12.1. The summed E-state index contributed by atoms with van der Waals surface area (Å²) in [6.07, 6.45) is 0. The van der Waals surface area contributed by atoms with Gasteiger partial charge in [-0.15, -0.1) is 0 Å². The molecule has 1 heterocycles. The van der Waals surface area contributed by atoms with E-state index >= 15 is 0 Å². The van der Waals surface area contributed by atoms with E-state index in [4.69, 9.17) is 4.42 Å². The molecule has 1 heteroatoms. The first-order valence-electron chi connectivity index (χ1n) is 12.1. The van der Waals surface area contributed by atoms with Crippen LogP contribution in [-0.4, -0.2) is 0 Å². The third kappa shape index (κ3) is 3.04. The van der Waals surface area contributed by atoms with Crippen LogP contribution in [0, 0.1) is 12.1 Å². The third-order valence-corrected chi connectivity index (χ3v) is 7.24. The molecule has 0 atom stereocenters. The lowest BCUT2D eigenvalue weighted by Gasteiger charge is -2.19. The Bertz CT molecular complexity index is 1830. The van der Waals surface area contributed by atoms with Crippen LogP contribution in [0.1, 0.15) is 26.3 Å². The molecule has 7 rings (SSSR count). The highest BCUT2D eigenvalue weighted by Gasteiger charge is 2.17. The molecule has 0 bridgehead atoms. The number of rotatable bonds is 2. The monoisotopic (exact) mass is 448 g/mol. The molecule has 0 spiro atoms. The van der Waals surface area contributed by atoms with Crippen LogP contribution in [0.2, 0.25) is 0 Å². The van der Waals surface area contributed by atoms with Gasteiger partial charge >= 0.3 is 0 Å². The highest BCUT2D eigenvalue weighted by molar-refractivity contribution is 6.26. The lowest BCUT2D eigenvalue weighted by molar-refractivity contribution is 0.590. The minimum Gasteiger partial charge on any atom is -0.456 e. The van der Waals surface area contributed by atoms with Crippen molar-refractivity contribution in [1.82, 2.24) is 0 Å². The summed E-state index contributed by atoms with van der Waals surface area (Å²) < 4.78 is 6.24. The van der Waals surface area contributed by atoms with Crippen molar-refractivity contribution in [3.8, 4) is 22.5 Å². The molecular formula is C34H24O. The molecule has 0 N–H and O–H groups in total. The van der Waals surface area contributed by atoms with Gasteiger partial charge in [-0.2, -0.15) is 0 Å². The average molecular weight is 449 g/mol. The maximum absolute atomic E-state index is 6.24. The Hall–Kier alpha value is -4.28. The molecule has 1 aromatic heterocycles. The standard InChI is InChI=1S/C34H24O/c1-34(2,3)25-14-8-21(9-15-25)26-16-10-22-13-19-29-27(31-20-24-6-4-5-7-30(24)35-31)17-11-23-12-18-28(26)32(22)33(23)29/h4-12,14-18,20H,1-3H3. The van der Waals surface area contributed by atoms with Gasteiger partial charge in [0.05, 0.1) is 0 Å². The molecule has 6 aromatic carbocycles. The highest BCUT2D eigenvalue weighted by atomic mass is 16.3. The van der Waals surface area contributed by atoms with Crippen LogP contribution in [0.4, 0.5) is 0 Å². The van der Waals surface area contributed by atoms with Crippen molar-refractivity contribution in [3.05, 3.63) is 109 Å². The summed E-state index contributed by atoms with van der Waals surface area (Å²) in [6, 6.07) is 39.4. The Morgan fingerprint density at radius 1 is 0.657 bits per heavy atom. The SMILES string of the molecule is CC(C)(C)c1ccc(-c2ccc3c#cc4c(-c5cc6ccccc6o5)ccc5ccc2c3c54)cc1. The third-order valence-electron chi connectivity index (χ3n) is 7.24. The zero-order chi connectivity index (χ0) is 23.7. The van der Waals surface area contributed by atoms with Crippen molar-refractivity contribution >= 4 is 43.3 Å². The van der Waals surface area contributed by atoms with Crippen molar-refractivity contribution in [1.29, 1.82) is 0 Å². The molecule has 35 heavy (non-hydrogen) atoms. The molecule has 0 aliphatic carbocycles. The summed E-state index contributed by atoms with van der Waals surface area (Å²) in [4.78, 5) is 0. The van der Waals surface area contributed by atoms with E-state index < -0.39 is 0 Å². The van der Waals surface area contributed by atoms with Crippen LogP contribution in [0.25, 0.3) is 65.7 Å². The van der Waals surface area contributed by atoms with Crippen molar-refractivity contribution in [3.63, 3.8) is 0 Å². The van der Waals surface area contributed by atoms with E-state index in [2.05, 4.69) is 106 Å². The predicted octanol–water partition coefficient (Wildman–Crippen LogP) is 9.56. The van der Waals surface area contributed by atoms with E-state index in [-0.39, 0.29) is 5.41 Å². The van der Waals surface area contributed by atoms with Gasteiger partial charge in [0.25, 0.3) is 0 Å². The van der Waals surface area contributed by atoms with Gasteiger partial charge in [-0.25, -0.2) is 0 Å². The van der Waals surface area contributed by atoms with E-state index in [0.29, 0.717) is 0 Å². The number of para-hydroxylation sites is 1. The molecule has 0 saturated heterocycles. The fraction of sp³-hybridized carbons (Fsp3) is 0.118. The summed E-state index contributed by atoms with van der Waals surface area (Å²) in [7, 11) is 0. The Kier molecular flexibility index (Phi) is 4.09. The zero-order valence-electron chi connectivity index (χ0n) is 20.1. The molecule has 1 nitrogen and oxygen atoms in total. The van der Waals surface area contributed by atoms with Gasteiger partial charge in [0.15, 0.2) is 0 Å². The van der Waals surface area contributed by atoms with Crippen molar-refractivity contribution in [2.24, 2.45) is 0 Å². The lowest BCUT2D eigenvalue weighted by Crippen LogP contribution is -2.10. The smallest absolute Gasteiger partial charge is 0.136 e. The maximum Gasteiger partial charge on any atom is 0.136 e. The molecule has 0 radical (unpaired) electrons. The topological polar surface area (TPSA) is 13.1 Å². The van der Waals surface area contributed by atoms with E-state index in [1.165, 1.54) is 38.2 Å². The maximum atomic E-state index is 6.24. The lowest BCUT2D eigenvalue weighted by atomic mass is 9.85. The summed E-state index contributed by atoms with van der Waals surface area (Å²) in [6.45, 7) is 6.76. The normalized spacial score (nSPS) is 12.2. The van der Waals surface area contributed by atoms with Crippen LogP contribution in [-0.2, 0) is 5.41 Å². The molecule has 0 aliphatic rings. The van der Waals surface area contributed by atoms with E-state index in [0.717, 1.165) is 33.1 Å². The molecule has 0 unspecified atom stereocenters. The van der Waals surface area contributed by atoms with E-state index in [1.54, 1.807) is 0 Å². The number of fused-ring (bicyclic) bond motifs is 1. The largest absolute Gasteiger partial charge is 0.456 e. The van der Waals surface area contributed by atoms with Gasteiger partial charge in [-0.3, -0.25) is 0 Å². The first kappa shape index (κ1) is 20.1. The summed E-state index contributed by atoms with van der Waals surface area (Å²) in [5, 5.41) is 8.18. The molecule has 7 aromatic rings. The predicted molar refractivity (Wildman–Crippen MR) is 147 cm³/mol. The number of benzene rings is 5. The van der Waals surface area contributed by atoms with Crippen LogP contribution in [0.5, 0.6) is 0 Å². The van der Waals surface area contributed by atoms with Gasteiger partial charge in [0.1, 0.15) is 11.3 Å². The van der Waals surface area contributed by atoms with Gasteiger partial charge in [-0.05, 0) is 57.1 Å². The van der Waals surface area contributed by atoms with Gasteiger partial charge in [0, 0.05) is 32.5 Å². The fourth-order valence-corrected chi connectivity index (χ4v) is 5.35. The summed E-state index contributed by atoms with van der Waals surface area (Å²) in [5.41, 5.74) is 5.92. The Balaban J connectivity index is 1.49. The minimum atomic E-state index is 0.138. The van der Waals surface area contributed by atoms with Gasteiger partial charge < -0.3 is 4.42 Å². The molecule has 0 saturated carbocycles. The van der Waals surface area contributed by atoms with Crippen molar-refractivity contribution in [2.45, 2.75) is 26.2 Å². The fourth-order valence-electron chi connectivity index (χ4n) is 5.35. The number of hydrogen-bond donors (Lipinski definition) is 0. The number of furan rings is 1. The minimum absolute atomic E-state index is 0.138. The van der Waals surface area contributed by atoms with Crippen LogP contribution >= 0.6 is 0 Å². The van der Waals surface area contributed by atoms with Gasteiger partial charge in [0.2, 0.25) is 0 Å². The Labute approximate surface area is 205 Å². The molecule has 0 aliphatic heterocycles. The summed E-state index contributed by atoms with van der Waals surface area (Å²) >= 11 is 0. The zero-order valence-corrected chi connectivity index (χ0v) is 20.1. The van der Waals surface area contributed by atoms with Crippen molar-refractivity contribution < 1.29 is 4.42 Å². The average Bonchev–Trinajstić information content (AvgIpc) is 3.31. The van der Waals surface area contributed by atoms with E-state index in [9.17, 15) is 0 Å². The number of hydrogen-bond acceptors (Lipinski definition) is 1. The molecule has 166 valence electrons. The van der Waals surface area contributed by atoms with Gasteiger partial charge in [-0.1, -0.05) is 99.6 Å². The first-order chi connectivity index (χ1) is 17.0. The van der Waals surface area contributed by atoms with Crippen LogP contribution in [0.3, 0.4) is 0 Å². The Morgan fingerprint density at radius 3 is 2.23 bits per heavy atom. The second-order valence-electron chi connectivity index (χ2n) is 10.5.